The van der Waals surface area contributed by atoms with Gasteiger partial charge in [0.2, 0.25) is 0 Å². The first-order valence-corrected chi connectivity index (χ1v) is 4.74. The smallest absolute Gasteiger partial charge is 0.123 e. The molecule has 1 aromatic carbocycles. The molecule has 0 unspecified atom stereocenters. The zero-order chi connectivity index (χ0) is 9.10. The van der Waals surface area contributed by atoms with Crippen molar-refractivity contribution in [3.8, 4) is 17.6 Å². The number of fused-ring (bicyclic) bond motifs is 1. The zero-order valence-electron chi connectivity index (χ0n) is 7.14. The molecule has 0 saturated heterocycles. The monoisotopic (exact) mass is 192 g/mol. The molecule has 0 bridgehead atoms. The molecular weight excluding hydrogens is 184 g/mol. The largest absolute Gasteiger partial charge is 0.493 e. The number of hydrogen-bond acceptors (Lipinski definition) is 1. The molecule has 0 N–H and O–H groups in total. The maximum Gasteiger partial charge on any atom is 0.123 e. The number of rotatable bonds is 0. The van der Waals surface area contributed by atoms with Crippen molar-refractivity contribution in [2.24, 2.45) is 0 Å². The lowest BCUT2D eigenvalue weighted by atomic mass is 10.1. The maximum absolute atomic E-state index is 5.46. The molecule has 0 spiro atoms. The highest BCUT2D eigenvalue weighted by atomic mass is 35.5. The molecule has 0 aromatic heterocycles. The van der Waals surface area contributed by atoms with Gasteiger partial charge in [-0.05, 0) is 17.7 Å². The number of ether oxygens (including phenoxy) is 1. The van der Waals surface area contributed by atoms with Gasteiger partial charge in [-0.3, -0.25) is 0 Å². The Morgan fingerprint density at radius 2 is 2.38 bits per heavy atom. The molecule has 0 amide bonds. The van der Waals surface area contributed by atoms with Gasteiger partial charge < -0.3 is 4.74 Å². The van der Waals surface area contributed by atoms with Crippen LogP contribution in [0.4, 0.5) is 0 Å². The van der Waals surface area contributed by atoms with Gasteiger partial charge >= 0.3 is 0 Å². The SMILES string of the molecule is ClCC#Cc1ccc2c(c1)OCC2. The number of hydrogen-bond donors (Lipinski definition) is 0. The van der Waals surface area contributed by atoms with Crippen molar-refractivity contribution in [1.29, 1.82) is 0 Å². The Bertz CT molecular complexity index is 373. The lowest BCUT2D eigenvalue weighted by molar-refractivity contribution is 0.356. The molecule has 0 radical (unpaired) electrons. The number of benzene rings is 1. The highest BCUT2D eigenvalue weighted by molar-refractivity contribution is 6.19. The van der Waals surface area contributed by atoms with Crippen LogP contribution in [-0.4, -0.2) is 12.5 Å². The Morgan fingerprint density at radius 3 is 3.23 bits per heavy atom. The molecule has 1 aliphatic heterocycles. The molecule has 0 saturated carbocycles. The van der Waals surface area contributed by atoms with Crippen LogP contribution in [0.2, 0.25) is 0 Å². The molecule has 1 heterocycles. The summed E-state index contributed by atoms with van der Waals surface area (Å²) in [6, 6.07) is 6.05. The van der Waals surface area contributed by atoms with Gasteiger partial charge in [0.15, 0.2) is 0 Å². The van der Waals surface area contributed by atoms with Crippen LogP contribution < -0.4 is 4.74 Å². The van der Waals surface area contributed by atoms with Gasteiger partial charge in [0.05, 0.1) is 12.5 Å². The van der Waals surface area contributed by atoms with Gasteiger partial charge in [-0.2, -0.15) is 0 Å². The molecule has 2 rings (SSSR count). The van der Waals surface area contributed by atoms with E-state index in [0.29, 0.717) is 5.88 Å². The summed E-state index contributed by atoms with van der Waals surface area (Å²) >= 11 is 5.46. The van der Waals surface area contributed by atoms with Crippen LogP contribution in [0.1, 0.15) is 11.1 Å². The van der Waals surface area contributed by atoms with E-state index in [2.05, 4.69) is 17.9 Å². The van der Waals surface area contributed by atoms with Crippen molar-refractivity contribution in [2.75, 3.05) is 12.5 Å². The average molecular weight is 193 g/mol. The predicted molar refractivity (Wildman–Crippen MR) is 53.2 cm³/mol. The summed E-state index contributed by atoms with van der Waals surface area (Å²) in [5.41, 5.74) is 2.25. The van der Waals surface area contributed by atoms with Crippen LogP contribution >= 0.6 is 11.6 Å². The van der Waals surface area contributed by atoms with Gasteiger partial charge in [0, 0.05) is 12.0 Å². The quantitative estimate of drug-likeness (QED) is 0.453. The Balaban J connectivity index is 2.31. The fraction of sp³-hybridized carbons (Fsp3) is 0.273. The molecule has 0 fully saturated rings. The molecule has 13 heavy (non-hydrogen) atoms. The highest BCUT2D eigenvalue weighted by Crippen LogP contribution is 2.25. The molecule has 1 aliphatic rings. The lowest BCUT2D eigenvalue weighted by Gasteiger charge is -1.97. The Morgan fingerprint density at radius 1 is 1.46 bits per heavy atom. The molecular formula is C11H9ClO. The van der Waals surface area contributed by atoms with Crippen LogP contribution in [0.15, 0.2) is 18.2 Å². The van der Waals surface area contributed by atoms with Gasteiger partial charge in [-0.15, -0.1) is 11.6 Å². The Labute approximate surface area is 82.7 Å². The van der Waals surface area contributed by atoms with Crippen molar-refractivity contribution >= 4 is 11.6 Å². The van der Waals surface area contributed by atoms with Crippen molar-refractivity contribution < 1.29 is 4.74 Å². The second-order valence-electron chi connectivity index (χ2n) is 2.86. The lowest BCUT2D eigenvalue weighted by Crippen LogP contribution is -1.86. The minimum Gasteiger partial charge on any atom is -0.493 e. The topological polar surface area (TPSA) is 9.23 Å². The van der Waals surface area contributed by atoms with Gasteiger partial charge in [0.1, 0.15) is 5.75 Å². The van der Waals surface area contributed by atoms with E-state index in [9.17, 15) is 0 Å². The fourth-order valence-electron chi connectivity index (χ4n) is 1.38. The van der Waals surface area contributed by atoms with E-state index in [1.165, 1.54) is 5.56 Å². The summed E-state index contributed by atoms with van der Waals surface area (Å²) in [7, 11) is 0. The Hall–Kier alpha value is -1.13. The summed E-state index contributed by atoms with van der Waals surface area (Å²) in [6.07, 6.45) is 1.01. The van der Waals surface area contributed by atoms with Crippen LogP contribution in [0.25, 0.3) is 0 Å². The zero-order valence-corrected chi connectivity index (χ0v) is 7.90. The minimum atomic E-state index is 0.373. The van der Waals surface area contributed by atoms with E-state index >= 15 is 0 Å². The average Bonchev–Trinajstić information content (AvgIpc) is 2.61. The van der Waals surface area contributed by atoms with Crippen molar-refractivity contribution in [2.45, 2.75) is 6.42 Å². The summed E-state index contributed by atoms with van der Waals surface area (Å²) in [6.45, 7) is 0.793. The summed E-state index contributed by atoms with van der Waals surface area (Å²) < 4.78 is 5.42. The number of alkyl halides is 1. The van der Waals surface area contributed by atoms with Crippen LogP contribution in [0.5, 0.6) is 5.75 Å². The van der Waals surface area contributed by atoms with Crippen LogP contribution in [-0.2, 0) is 6.42 Å². The second-order valence-corrected chi connectivity index (χ2v) is 3.12. The standard InChI is InChI=1S/C11H9ClO/c12-6-1-2-9-3-4-10-5-7-13-11(10)8-9/h3-4,8H,5-7H2. The minimum absolute atomic E-state index is 0.373. The maximum atomic E-state index is 5.46. The van der Waals surface area contributed by atoms with Gasteiger partial charge in [-0.1, -0.05) is 17.9 Å². The summed E-state index contributed by atoms with van der Waals surface area (Å²) in [5.74, 6) is 7.12. The van der Waals surface area contributed by atoms with Gasteiger partial charge in [0.25, 0.3) is 0 Å². The second kappa shape index (κ2) is 3.72. The first-order valence-electron chi connectivity index (χ1n) is 4.21. The molecule has 1 nitrogen and oxygen atoms in total. The fourth-order valence-corrected chi connectivity index (χ4v) is 1.45. The van der Waals surface area contributed by atoms with E-state index in [1.54, 1.807) is 0 Å². The first kappa shape index (κ1) is 8.47. The van der Waals surface area contributed by atoms with Crippen molar-refractivity contribution in [1.82, 2.24) is 0 Å². The van der Waals surface area contributed by atoms with E-state index in [-0.39, 0.29) is 0 Å². The number of halogens is 1. The third-order valence-electron chi connectivity index (χ3n) is 2.00. The third kappa shape index (κ3) is 1.79. The molecule has 1 aromatic rings. The predicted octanol–water partition coefficient (Wildman–Crippen LogP) is 2.21. The molecule has 0 atom stereocenters. The van der Waals surface area contributed by atoms with Crippen LogP contribution in [0.3, 0.4) is 0 Å². The van der Waals surface area contributed by atoms with E-state index in [1.807, 2.05) is 12.1 Å². The summed E-state index contributed by atoms with van der Waals surface area (Å²) in [4.78, 5) is 0. The first-order chi connectivity index (χ1) is 6.40. The Kier molecular flexibility index (Phi) is 2.42. The van der Waals surface area contributed by atoms with Crippen molar-refractivity contribution in [3.63, 3.8) is 0 Å². The van der Waals surface area contributed by atoms with Crippen molar-refractivity contribution in [3.05, 3.63) is 29.3 Å². The summed E-state index contributed by atoms with van der Waals surface area (Å²) in [5, 5.41) is 0. The van der Waals surface area contributed by atoms with E-state index in [4.69, 9.17) is 16.3 Å². The highest BCUT2D eigenvalue weighted by Gasteiger charge is 2.10. The van der Waals surface area contributed by atoms with E-state index < -0.39 is 0 Å². The third-order valence-corrected chi connectivity index (χ3v) is 2.13. The van der Waals surface area contributed by atoms with Crippen LogP contribution in [0, 0.1) is 11.8 Å². The normalized spacial score (nSPS) is 12.7. The molecule has 66 valence electrons. The van der Waals surface area contributed by atoms with Gasteiger partial charge in [-0.25, -0.2) is 0 Å². The molecule has 0 aliphatic carbocycles. The van der Waals surface area contributed by atoms with E-state index in [0.717, 1.165) is 24.3 Å². The molecule has 2 heteroatoms.